The molecule has 1 heterocycles. The number of anilines is 2. The minimum atomic E-state index is -0.330. The smallest absolute Gasteiger partial charge is 0.257 e. The van der Waals surface area contributed by atoms with E-state index < -0.39 is 0 Å². The molecule has 0 bridgehead atoms. The molecule has 0 aromatic heterocycles. The molecule has 0 saturated carbocycles. The number of amides is 2. The van der Waals surface area contributed by atoms with Gasteiger partial charge in [0.05, 0.1) is 18.0 Å². The molecule has 3 rings (SSSR count). The summed E-state index contributed by atoms with van der Waals surface area (Å²) in [5.74, 6) is 0.464. The number of nitrogens with zero attached hydrogens (tertiary/aromatic N) is 2. The highest BCUT2D eigenvalue weighted by Gasteiger charge is 2.24. The fourth-order valence-corrected chi connectivity index (χ4v) is 4.07. The van der Waals surface area contributed by atoms with Crippen molar-refractivity contribution in [1.29, 1.82) is 0 Å². The standard InChI is InChI=1S/C25H31ClN4O3S/c1-4-14-33-20-7-5-6-18(15-20)23(31)28-25(34)27-21-16-19(26)8-9-22(21)29-10-12-30(13-11-29)24(32)17(2)3/h5-9,15-17H,4,10-14H2,1-3H3,(H2,27,28,31,34). The first kappa shape index (κ1) is 25.8. The lowest BCUT2D eigenvalue weighted by atomic mass is 10.1. The van der Waals surface area contributed by atoms with Crippen molar-refractivity contribution < 1.29 is 14.3 Å². The van der Waals surface area contributed by atoms with E-state index in [1.807, 2.05) is 43.9 Å². The molecule has 0 atom stereocenters. The molecule has 1 fully saturated rings. The third kappa shape index (κ3) is 6.84. The van der Waals surface area contributed by atoms with E-state index >= 15 is 0 Å². The molecule has 2 aromatic carbocycles. The van der Waals surface area contributed by atoms with Gasteiger partial charge in [-0.15, -0.1) is 0 Å². The number of ether oxygens (including phenoxy) is 1. The summed E-state index contributed by atoms with van der Waals surface area (Å²) in [4.78, 5) is 29.1. The van der Waals surface area contributed by atoms with E-state index in [1.54, 1.807) is 24.3 Å². The van der Waals surface area contributed by atoms with Gasteiger partial charge in [-0.05, 0) is 55.0 Å². The molecule has 182 valence electrons. The highest BCUT2D eigenvalue weighted by atomic mass is 35.5. The number of carbonyl (C=O) groups is 2. The lowest BCUT2D eigenvalue weighted by molar-refractivity contribution is -0.134. The Morgan fingerprint density at radius 1 is 1.12 bits per heavy atom. The fourth-order valence-electron chi connectivity index (χ4n) is 3.69. The maximum absolute atomic E-state index is 12.7. The van der Waals surface area contributed by atoms with Crippen molar-refractivity contribution in [3.05, 3.63) is 53.1 Å². The Balaban J connectivity index is 1.65. The molecule has 34 heavy (non-hydrogen) atoms. The van der Waals surface area contributed by atoms with Gasteiger partial charge >= 0.3 is 0 Å². The number of hydrogen-bond donors (Lipinski definition) is 2. The summed E-state index contributed by atoms with van der Waals surface area (Å²) in [6.07, 6.45) is 0.884. The van der Waals surface area contributed by atoms with Crippen molar-refractivity contribution in [3.8, 4) is 5.75 Å². The van der Waals surface area contributed by atoms with Crippen LogP contribution in [0.1, 0.15) is 37.6 Å². The number of halogens is 1. The maximum Gasteiger partial charge on any atom is 0.257 e. The second-order valence-electron chi connectivity index (χ2n) is 8.41. The van der Waals surface area contributed by atoms with Crippen molar-refractivity contribution in [2.24, 2.45) is 5.92 Å². The molecule has 1 saturated heterocycles. The maximum atomic E-state index is 12.7. The molecule has 2 amide bonds. The zero-order chi connectivity index (χ0) is 24.7. The largest absolute Gasteiger partial charge is 0.494 e. The van der Waals surface area contributed by atoms with E-state index in [2.05, 4.69) is 15.5 Å². The van der Waals surface area contributed by atoms with Gasteiger partial charge in [0.1, 0.15) is 5.75 Å². The summed E-state index contributed by atoms with van der Waals surface area (Å²) in [6.45, 7) is 9.13. The van der Waals surface area contributed by atoms with Gasteiger partial charge < -0.3 is 19.9 Å². The Morgan fingerprint density at radius 3 is 2.53 bits per heavy atom. The van der Waals surface area contributed by atoms with E-state index in [9.17, 15) is 9.59 Å². The Labute approximate surface area is 211 Å². The SMILES string of the molecule is CCCOc1cccc(C(=O)NC(=S)Nc2cc(Cl)ccc2N2CCN(C(=O)C(C)C)CC2)c1. The van der Waals surface area contributed by atoms with Crippen LogP contribution in [0.5, 0.6) is 5.75 Å². The first-order valence-corrected chi connectivity index (χ1v) is 12.3. The van der Waals surface area contributed by atoms with Crippen LogP contribution in [0.15, 0.2) is 42.5 Å². The summed E-state index contributed by atoms with van der Waals surface area (Å²) < 4.78 is 5.60. The third-order valence-electron chi connectivity index (χ3n) is 5.43. The number of rotatable bonds is 7. The molecule has 2 aromatic rings. The Bertz CT molecular complexity index is 1040. The Morgan fingerprint density at radius 2 is 1.85 bits per heavy atom. The molecule has 0 aliphatic carbocycles. The van der Waals surface area contributed by atoms with Crippen LogP contribution in [0.2, 0.25) is 5.02 Å². The second-order valence-corrected chi connectivity index (χ2v) is 9.26. The third-order valence-corrected chi connectivity index (χ3v) is 5.87. The van der Waals surface area contributed by atoms with Crippen molar-refractivity contribution in [3.63, 3.8) is 0 Å². The molecule has 9 heteroatoms. The second kappa shape index (κ2) is 12.0. The van der Waals surface area contributed by atoms with Gasteiger partial charge in [0.15, 0.2) is 5.11 Å². The van der Waals surface area contributed by atoms with Gasteiger partial charge in [-0.25, -0.2) is 0 Å². The summed E-state index contributed by atoms with van der Waals surface area (Å²) in [5.41, 5.74) is 2.06. The summed E-state index contributed by atoms with van der Waals surface area (Å²) in [6, 6.07) is 12.5. The zero-order valence-electron chi connectivity index (χ0n) is 19.8. The van der Waals surface area contributed by atoms with Crippen LogP contribution in [0.4, 0.5) is 11.4 Å². The van der Waals surface area contributed by atoms with Crippen molar-refractivity contribution >= 4 is 52.1 Å². The average molecular weight is 503 g/mol. The minimum absolute atomic E-state index is 0.0146. The van der Waals surface area contributed by atoms with Crippen LogP contribution in [0, 0.1) is 5.92 Å². The molecule has 1 aliphatic rings. The van der Waals surface area contributed by atoms with Crippen LogP contribution >= 0.6 is 23.8 Å². The number of nitrogens with one attached hydrogen (secondary N) is 2. The molecule has 0 unspecified atom stereocenters. The average Bonchev–Trinajstić information content (AvgIpc) is 2.82. The van der Waals surface area contributed by atoms with Crippen LogP contribution in [0.25, 0.3) is 0 Å². The lowest BCUT2D eigenvalue weighted by Gasteiger charge is -2.37. The van der Waals surface area contributed by atoms with E-state index in [0.29, 0.717) is 54.8 Å². The first-order chi connectivity index (χ1) is 16.3. The predicted octanol–water partition coefficient (Wildman–Crippen LogP) is 4.56. The molecule has 0 spiro atoms. The monoisotopic (exact) mass is 502 g/mol. The Kier molecular flexibility index (Phi) is 9.12. The summed E-state index contributed by atoms with van der Waals surface area (Å²) in [7, 11) is 0. The topological polar surface area (TPSA) is 73.9 Å². The van der Waals surface area contributed by atoms with E-state index in [-0.39, 0.29) is 22.8 Å². The van der Waals surface area contributed by atoms with Crippen molar-refractivity contribution in [1.82, 2.24) is 10.2 Å². The number of piperazine rings is 1. The predicted molar refractivity (Wildman–Crippen MR) is 141 cm³/mol. The van der Waals surface area contributed by atoms with Gasteiger partial charge in [-0.1, -0.05) is 38.4 Å². The fraction of sp³-hybridized carbons (Fsp3) is 0.400. The lowest BCUT2D eigenvalue weighted by Crippen LogP contribution is -2.50. The quantitative estimate of drug-likeness (QED) is 0.541. The van der Waals surface area contributed by atoms with Crippen LogP contribution < -0.4 is 20.3 Å². The highest BCUT2D eigenvalue weighted by molar-refractivity contribution is 7.80. The highest BCUT2D eigenvalue weighted by Crippen LogP contribution is 2.30. The van der Waals surface area contributed by atoms with Gasteiger partial charge in [0, 0.05) is 42.7 Å². The normalized spacial score (nSPS) is 13.6. The summed E-state index contributed by atoms with van der Waals surface area (Å²) in [5, 5.41) is 6.55. The van der Waals surface area contributed by atoms with Crippen LogP contribution in [-0.4, -0.2) is 54.6 Å². The van der Waals surface area contributed by atoms with E-state index in [4.69, 9.17) is 28.6 Å². The summed E-state index contributed by atoms with van der Waals surface area (Å²) >= 11 is 11.7. The van der Waals surface area contributed by atoms with Gasteiger partial charge in [-0.2, -0.15) is 0 Å². The van der Waals surface area contributed by atoms with Crippen molar-refractivity contribution in [2.75, 3.05) is 43.0 Å². The number of benzene rings is 2. The molecule has 7 nitrogen and oxygen atoms in total. The van der Waals surface area contributed by atoms with Crippen LogP contribution in [0.3, 0.4) is 0 Å². The van der Waals surface area contributed by atoms with Gasteiger partial charge in [0.25, 0.3) is 5.91 Å². The zero-order valence-corrected chi connectivity index (χ0v) is 21.3. The number of thiocarbonyl (C=S) groups is 1. The minimum Gasteiger partial charge on any atom is -0.494 e. The number of hydrogen-bond acceptors (Lipinski definition) is 5. The molecular formula is C25H31ClN4O3S. The molecular weight excluding hydrogens is 472 g/mol. The molecule has 2 N–H and O–H groups in total. The van der Waals surface area contributed by atoms with E-state index in [0.717, 1.165) is 12.1 Å². The van der Waals surface area contributed by atoms with Crippen LogP contribution in [-0.2, 0) is 4.79 Å². The van der Waals surface area contributed by atoms with Crippen molar-refractivity contribution in [2.45, 2.75) is 27.2 Å². The Hall–Kier alpha value is -2.84. The molecule has 0 radical (unpaired) electrons. The van der Waals surface area contributed by atoms with Gasteiger partial charge in [-0.3, -0.25) is 14.9 Å². The first-order valence-electron chi connectivity index (χ1n) is 11.5. The number of carbonyl (C=O) groups excluding carboxylic acids is 2. The van der Waals surface area contributed by atoms with Gasteiger partial charge in [0.2, 0.25) is 5.91 Å². The molecule has 1 aliphatic heterocycles. The van der Waals surface area contributed by atoms with E-state index in [1.165, 1.54) is 0 Å².